The van der Waals surface area contributed by atoms with Crippen LogP contribution in [0.25, 0.3) is 0 Å². The minimum atomic E-state index is -4.67. The first-order chi connectivity index (χ1) is 26.0. The van der Waals surface area contributed by atoms with Gasteiger partial charge in [-0.25, -0.2) is 9.59 Å². The molecule has 0 saturated heterocycles. The Morgan fingerprint density at radius 2 is 0.981 bits per heavy atom. The van der Waals surface area contributed by atoms with Gasteiger partial charge in [-0.15, -0.1) is 0 Å². The molecule has 0 aromatic rings. The predicted octanol–water partition coefficient (Wildman–Crippen LogP) is 11.3. The number of hydrogen-bond acceptors (Lipinski definition) is 8. The zero-order chi connectivity index (χ0) is 40.0. The van der Waals surface area contributed by atoms with Crippen LogP contribution in [0, 0.1) is 0 Å². The van der Waals surface area contributed by atoms with Crippen molar-refractivity contribution >= 4 is 19.8 Å². The number of ether oxygens (including phenoxy) is 2. The molecular weight excluding hydrogens is 701 g/mol. The molecule has 0 aliphatic heterocycles. The number of unbranched alkanes of at least 4 members (excludes halogenated alkanes) is 22. The zero-order valence-corrected chi connectivity index (χ0v) is 36.0. The van der Waals surface area contributed by atoms with Crippen LogP contribution in [0.4, 0.5) is 0 Å². The Bertz CT molecular complexity index is 1070. The highest BCUT2D eigenvalue weighted by atomic mass is 31.2. The van der Waals surface area contributed by atoms with Crippen molar-refractivity contribution in [2.75, 3.05) is 47.5 Å². The molecule has 2 atom stereocenters. The minimum Gasteiger partial charge on any atom is -0.756 e. The number of carbonyl (C=O) groups is 2. The number of nitrogens with zero attached hydrogens (tertiary/aromatic N) is 1. The number of phosphoric ester groups is 1. The molecule has 0 aromatic heterocycles. The Kier molecular flexibility index (Phi) is 35.2. The summed E-state index contributed by atoms with van der Waals surface area (Å²) >= 11 is 0. The lowest BCUT2D eigenvalue weighted by Crippen LogP contribution is -2.37. The molecule has 0 saturated carbocycles. The van der Waals surface area contributed by atoms with Crippen LogP contribution in [0.15, 0.2) is 48.6 Å². The van der Waals surface area contributed by atoms with E-state index in [4.69, 9.17) is 18.5 Å². The number of quaternary nitrogens is 1. The Labute approximate surface area is 331 Å². The van der Waals surface area contributed by atoms with Crippen LogP contribution >= 0.6 is 7.82 Å². The van der Waals surface area contributed by atoms with Gasteiger partial charge >= 0.3 is 11.9 Å². The summed E-state index contributed by atoms with van der Waals surface area (Å²) in [4.78, 5) is 37.2. The molecule has 0 N–H and O–H groups in total. The third kappa shape index (κ3) is 39.7. The van der Waals surface area contributed by atoms with E-state index in [9.17, 15) is 19.0 Å². The number of hydrogen-bond donors (Lipinski definition) is 0. The fourth-order valence-electron chi connectivity index (χ4n) is 5.65. The number of rotatable bonds is 38. The maximum atomic E-state index is 12.5. The van der Waals surface area contributed by atoms with Crippen molar-refractivity contribution in [1.82, 2.24) is 0 Å². The lowest BCUT2D eigenvalue weighted by atomic mass is 10.1. The largest absolute Gasteiger partial charge is 0.756 e. The summed E-state index contributed by atoms with van der Waals surface area (Å²) in [6.45, 7) is 3.96. The average Bonchev–Trinajstić information content (AvgIpc) is 3.12. The van der Waals surface area contributed by atoms with Gasteiger partial charge in [0.25, 0.3) is 7.82 Å². The standard InChI is InChI=1S/C44H80NO8P/c1-6-8-10-12-14-16-18-20-22-24-26-28-30-32-34-36-43(46)50-40-42(41-52-54(48,49)51-39-38-45(3,4)5)53-44(47)37-35-33-31-29-27-25-23-21-19-17-15-13-11-9-7-2/h30-37,42H,6-29,38-41H2,1-5H3/t42-/m1/s1. The van der Waals surface area contributed by atoms with Crippen LogP contribution in [-0.2, 0) is 32.7 Å². The van der Waals surface area contributed by atoms with E-state index < -0.39 is 32.5 Å². The Hall–Kier alpha value is -2.03. The smallest absolute Gasteiger partial charge is 0.331 e. The van der Waals surface area contributed by atoms with Crippen LogP contribution in [-0.4, -0.2) is 70.0 Å². The highest BCUT2D eigenvalue weighted by Crippen LogP contribution is 2.38. The summed E-state index contributed by atoms with van der Waals surface area (Å²) in [5, 5.41) is 0. The molecule has 0 amide bonds. The normalized spacial score (nSPS) is 14.1. The lowest BCUT2D eigenvalue weighted by Gasteiger charge is -2.28. The molecule has 10 heteroatoms. The first-order valence-corrected chi connectivity index (χ1v) is 22.9. The molecule has 1 unspecified atom stereocenters. The van der Waals surface area contributed by atoms with Crippen molar-refractivity contribution < 1.29 is 42.1 Å². The van der Waals surface area contributed by atoms with Crippen LogP contribution in [0.5, 0.6) is 0 Å². The van der Waals surface area contributed by atoms with Crippen LogP contribution < -0.4 is 4.89 Å². The third-order valence-corrected chi connectivity index (χ3v) is 10.00. The van der Waals surface area contributed by atoms with E-state index in [0.717, 1.165) is 25.7 Å². The molecular formula is C44H80NO8P. The van der Waals surface area contributed by atoms with E-state index >= 15 is 0 Å². The van der Waals surface area contributed by atoms with Gasteiger partial charge in [0.15, 0.2) is 6.10 Å². The van der Waals surface area contributed by atoms with Crippen LogP contribution in [0.3, 0.4) is 0 Å². The topological polar surface area (TPSA) is 111 Å². The van der Waals surface area contributed by atoms with E-state index in [2.05, 4.69) is 13.8 Å². The average molecular weight is 782 g/mol. The second-order valence-corrected chi connectivity index (χ2v) is 16.9. The van der Waals surface area contributed by atoms with Gasteiger partial charge in [0, 0.05) is 12.2 Å². The van der Waals surface area contributed by atoms with Crippen molar-refractivity contribution in [2.45, 2.75) is 174 Å². The third-order valence-electron chi connectivity index (χ3n) is 9.03. The minimum absolute atomic E-state index is 0.0600. The van der Waals surface area contributed by atoms with Gasteiger partial charge in [0.2, 0.25) is 0 Å². The number of esters is 2. The number of carbonyl (C=O) groups excluding carboxylic acids is 2. The van der Waals surface area contributed by atoms with Gasteiger partial charge in [0.05, 0.1) is 27.7 Å². The first-order valence-electron chi connectivity index (χ1n) is 21.4. The highest BCUT2D eigenvalue weighted by Gasteiger charge is 2.20. The summed E-state index contributed by atoms with van der Waals surface area (Å²) in [6, 6.07) is 0. The molecule has 54 heavy (non-hydrogen) atoms. The van der Waals surface area contributed by atoms with Gasteiger partial charge in [0.1, 0.15) is 19.8 Å². The van der Waals surface area contributed by atoms with Crippen molar-refractivity contribution in [3.63, 3.8) is 0 Å². The summed E-state index contributed by atoms with van der Waals surface area (Å²) in [5.74, 6) is -1.34. The molecule has 0 fully saturated rings. The molecule has 0 aliphatic rings. The van der Waals surface area contributed by atoms with Gasteiger partial charge in [-0.2, -0.15) is 0 Å². The first kappa shape index (κ1) is 52.0. The van der Waals surface area contributed by atoms with E-state index in [1.165, 1.54) is 141 Å². The SMILES string of the molecule is CCCCCCCCCCCCCC=CC=CC(=O)OC[C@H](COP(=O)([O-])OCC[N+](C)(C)C)OC(=O)C=CC=CCCCCCCCCCCCCC. The summed E-state index contributed by atoms with van der Waals surface area (Å²) in [5.41, 5.74) is 0. The maximum Gasteiger partial charge on any atom is 0.331 e. The number of phosphoric acid groups is 1. The van der Waals surface area contributed by atoms with Crippen molar-refractivity contribution in [1.29, 1.82) is 0 Å². The molecule has 0 heterocycles. The van der Waals surface area contributed by atoms with Crippen LogP contribution in [0.1, 0.15) is 168 Å². The predicted molar refractivity (Wildman–Crippen MR) is 222 cm³/mol. The molecule has 0 radical (unpaired) electrons. The number of allylic oxidation sites excluding steroid dienone is 6. The number of likely N-dealkylation sites (N-methyl/N-ethyl adjacent to an activating group) is 1. The Morgan fingerprint density at radius 1 is 0.574 bits per heavy atom. The second-order valence-electron chi connectivity index (χ2n) is 15.5. The maximum absolute atomic E-state index is 12.5. The van der Waals surface area contributed by atoms with Crippen molar-refractivity contribution in [3.8, 4) is 0 Å². The van der Waals surface area contributed by atoms with Crippen molar-refractivity contribution in [3.05, 3.63) is 48.6 Å². The molecule has 0 rings (SSSR count). The van der Waals surface area contributed by atoms with Crippen LogP contribution in [0.2, 0.25) is 0 Å². The van der Waals surface area contributed by atoms with E-state index in [0.29, 0.717) is 11.0 Å². The lowest BCUT2D eigenvalue weighted by molar-refractivity contribution is -0.870. The van der Waals surface area contributed by atoms with Gasteiger partial charge in [-0.1, -0.05) is 179 Å². The molecule has 0 aromatic carbocycles. The summed E-state index contributed by atoms with van der Waals surface area (Å²) < 4.78 is 33.4. The van der Waals surface area contributed by atoms with Gasteiger partial charge in [-0.3, -0.25) is 4.57 Å². The molecule has 9 nitrogen and oxygen atoms in total. The monoisotopic (exact) mass is 782 g/mol. The second kappa shape index (κ2) is 36.6. The van der Waals surface area contributed by atoms with E-state index in [1.54, 1.807) is 18.2 Å². The fourth-order valence-corrected chi connectivity index (χ4v) is 6.38. The zero-order valence-electron chi connectivity index (χ0n) is 35.2. The Balaban J connectivity index is 4.59. The van der Waals surface area contributed by atoms with Gasteiger partial charge < -0.3 is 27.9 Å². The Morgan fingerprint density at radius 3 is 1.41 bits per heavy atom. The summed E-state index contributed by atoms with van der Waals surface area (Å²) in [7, 11) is 1.07. The molecule has 0 spiro atoms. The van der Waals surface area contributed by atoms with Crippen molar-refractivity contribution in [2.24, 2.45) is 0 Å². The molecule has 0 bridgehead atoms. The van der Waals surface area contributed by atoms with E-state index in [-0.39, 0.29) is 13.2 Å². The quantitative estimate of drug-likeness (QED) is 0.0152. The van der Waals surface area contributed by atoms with E-state index in [1.807, 2.05) is 39.4 Å². The fraction of sp³-hybridized carbons (Fsp3) is 0.773. The molecule has 314 valence electrons. The molecule has 0 aliphatic carbocycles. The highest BCUT2D eigenvalue weighted by molar-refractivity contribution is 7.45. The summed E-state index contributed by atoms with van der Waals surface area (Å²) in [6.07, 6.45) is 42.7. The van der Waals surface area contributed by atoms with Gasteiger partial charge in [-0.05, 0) is 25.7 Å².